The number of nitrogens with zero attached hydrogens (tertiary/aromatic N) is 4. The minimum Gasteiger partial charge on any atom is -0.480 e. The number of anilines is 1. The number of aliphatic carboxylic acids is 1. The average Bonchev–Trinajstić information content (AvgIpc) is 2.61. The highest BCUT2D eigenvalue weighted by atomic mass is 16.4. The fourth-order valence-corrected chi connectivity index (χ4v) is 1.47. The van der Waals surface area contributed by atoms with E-state index in [1.807, 2.05) is 14.0 Å². The molecule has 0 fully saturated rings. The van der Waals surface area contributed by atoms with Gasteiger partial charge in [0.2, 0.25) is 5.95 Å². The van der Waals surface area contributed by atoms with Crippen LogP contribution in [-0.2, 0) is 11.8 Å². The number of carboxylic acids is 1. The number of aryl methyl sites for hydroxylation is 2. The first kappa shape index (κ1) is 11.3. The normalized spacial score (nSPS) is 12.6. The summed E-state index contributed by atoms with van der Waals surface area (Å²) in [5.41, 5.74) is 2.12. The van der Waals surface area contributed by atoms with Gasteiger partial charge in [0.05, 0.1) is 12.0 Å². The van der Waals surface area contributed by atoms with E-state index in [9.17, 15) is 4.79 Å². The Labute approximate surface area is 97.5 Å². The number of nitrogens with one attached hydrogen (secondary N) is 1. The molecule has 0 radical (unpaired) electrons. The number of carboxylic acid groups (broad SMARTS) is 1. The van der Waals surface area contributed by atoms with Crippen LogP contribution < -0.4 is 5.32 Å². The SMILES string of the molecule is Cc1nc(NC(C)C(=O)O)nc2c1ncn2C. The fraction of sp³-hybridized carbons (Fsp3) is 0.400. The van der Waals surface area contributed by atoms with E-state index < -0.39 is 12.0 Å². The predicted molar refractivity (Wildman–Crippen MR) is 61.8 cm³/mol. The van der Waals surface area contributed by atoms with Gasteiger partial charge < -0.3 is 15.0 Å². The Morgan fingerprint density at radius 2 is 2.24 bits per heavy atom. The van der Waals surface area contributed by atoms with Crippen LogP contribution in [0.5, 0.6) is 0 Å². The van der Waals surface area contributed by atoms with Crippen LogP contribution in [0.2, 0.25) is 0 Å². The zero-order valence-corrected chi connectivity index (χ0v) is 9.80. The van der Waals surface area contributed by atoms with Crippen molar-refractivity contribution in [3.05, 3.63) is 12.0 Å². The van der Waals surface area contributed by atoms with E-state index in [1.165, 1.54) is 6.92 Å². The van der Waals surface area contributed by atoms with Gasteiger partial charge in [-0.25, -0.2) is 9.97 Å². The summed E-state index contributed by atoms with van der Waals surface area (Å²) in [5.74, 6) is -0.648. The first-order valence-corrected chi connectivity index (χ1v) is 5.14. The maximum absolute atomic E-state index is 10.7. The molecule has 0 aromatic carbocycles. The van der Waals surface area contributed by atoms with Gasteiger partial charge >= 0.3 is 5.97 Å². The quantitative estimate of drug-likeness (QED) is 0.807. The van der Waals surface area contributed by atoms with Crippen molar-refractivity contribution in [3.63, 3.8) is 0 Å². The van der Waals surface area contributed by atoms with E-state index in [0.29, 0.717) is 11.6 Å². The third kappa shape index (κ3) is 2.03. The van der Waals surface area contributed by atoms with E-state index in [2.05, 4.69) is 20.3 Å². The summed E-state index contributed by atoms with van der Waals surface area (Å²) in [6.45, 7) is 3.35. The van der Waals surface area contributed by atoms with Crippen molar-refractivity contribution in [2.75, 3.05) is 5.32 Å². The van der Waals surface area contributed by atoms with E-state index in [1.54, 1.807) is 10.9 Å². The lowest BCUT2D eigenvalue weighted by Gasteiger charge is -2.09. The van der Waals surface area contributed by atoms with Gasteiger partial charge in [-0.1, -0.05) is 0 Å². The molecule has 0 aliphatic rings. The number of fused-ring (bicyclic) bond motifs is 1. The maximum Gasteiger partial charge on any atom is 0.325 e. The van der Waals surface area contributed by atoms with Gasteiger partial charge in [-0.2, -0.15) is 4.98 Å². The van der Waals surface area contributed by atoms with Crippen LogP contribution >= 0.6 is 0 Å². The topological polar surface area (TPSA) is 92.9 Å². The minimum absolute atomic E-state index is 0.300. The van der Waals surface area contributed by atoms with Gasteiger partial charge in [0.25, 0.3) is 0 Å². The first-order valence-electron chi connectivity index (χ1n) is 5.14. The molecule has 2 aromatic rings. The smallest absolute Gasteiger partial charge is 0.325 e. The summed E-state index contributed by atoms with van der Waals surface area (Å²) in [4.78, 5) is 23.3. The summed E-state index contributed by atoms with van der Waals surface area (Å²) < 4.78 is 1.76. The predicted octanol–water partition coefficient (Wildman–Crippen LogP) is 0.557. The highest BCUT2D eigenvalue weighted by Gasteiger charge is 2.14. The van der Waals surface area contributed by atoms with Crippen LogP contribution in [0.4, 0.5) is 5.95 Å². The molecule has 7 nitrogen and oxygen atoms in total. The van der Waals surface area contributed by atoms with Gasteiger partial charge in [0.15, 0.2) is 5.65 Å². The fourth-order valence-electron chi connectivity index (χ4n) is 1.47. The number of hydrogen-bond donors (Lipinski definition) is 2. The minimum atomic E-state index is -0.948. The van der Waals surface area contributed by atoms with Crippen LogP contribution in [0, 0.1) is 6.92 Å². The van der Waals surface area contributed by atoms with Gasteiger partial charge in [0, 0.05) is 7.05 Å². The van der Waals surface area contributed by atoms with Crippen molar-refractivity contribution in [3.8, 4) is 0 Å². The van der Waals surface area contributed by atoms with Gasteiger partial charge in [-0.3, -0.25) is 4.79 Å². The maximum atomic E-state index is 10.7. The molecular formula is C10H13N5O2. The van der Waals surface area contributed by atoms with Crippen molar-refractivity contribution in [2.45, 2.75) is 19.9 Å². The Morgan fingerprint density at radius 1 is 1.53 bits per heavy atom. The molecule has 1 unspecified atom stereocenters. The molecule has 2 N–H and O–H groups in total. The second-order valence-corrected chi connectivity index (χ2v) is 3.86. The molecule has 7 heteroatoms. The Kier molecular flexibility index (Phi) is 2.66. The number of imidazole rings is 1. The lowest BCUT2D eigenvalue weighted by molar-refractivity contribution is -0.137. The molecular weight excluding hydrogens is 222 g/mol. The summed E-state index contributed by atoms with van der Waals surface area (Å²) in [6.07, 6.45) is 1.65. The molecule has 90 valence electrons. The van der Waals surface area contributed by atoms with Crippen LogP contribution in [0.3, 0.4) is 0 Å². The highest BCUT2D eigenvalue weighted by molar-refractivity contribution is 5.78. The standard InChI is InChI=1S/C10H13N5O2/c1-5-7-8(15(3)4-11-7)14-10(12-5)13-6(2)9(16)17/h4,6H,1-3H3,(H,16,17)(H,12,13,14). The molecule has 1 atom stereocenters. The summed E-state index contributed by atoms with van der Waals surface area (Å²) in [5, 5.41) is 11.5. The van der Waals surface area contributed by atoms with E-state index in [-0.39, 0.29) is 0 Å². The molecule has 0 amide bonds. The lowest BCUT2D eigenvalue weighted by Crippen LogP contribution is -2.26. The van der Waals surface area contributed by atoms with Crippen molar-refractivity contribution < 1.29 is 9.90 Å². The van der Waals surface area contributed by atoms with E-state index in [4.69, 9.17) is 5.11 Å². The molecule has 0 spiro atoms. The van der Waals surface area contributed by atoms with Gasteiger partial charge in [-0.05, 0) is 13.8 Å². The molecule has 2 heterocycles. The molecule has 17 heavy (non-hydrogen) atoms. The Bertz CT molecular complexity index is 577. The number of aromatic nitrogens is 4. The molecule has 0 aliphatic carbocycles. The van der Waals surface area contributed by atoms with Crippen LogP contribution in [-0.4, -0.2) is 36.6 Å². The number of carbonyl (C=O) groups is 1. The first-order chi connectivity index (χ1) is 7.99. The van der Waals surface area contributed by atoms with Crippen LogP contribution in [0.1, 0.15) is 12.6 Å². The number of rotatable bonds is 3. The van der Waals surface area contributed by atoms with Crippen molar-refractivity contribution in [1.29, 1.82) is 0 Å². The molecule has 0 aliphatic heterocycles. The average molecular weight is 235 g/mol. The zero-order valence-electron chi connectivity index (χ0n) is 9.80. The van der Waals surface area contributed by atoms with Crippen molar-refractivity contribution in [1.82, 2.24) is 19.5 Å². The third-order valence-corrected chi connectivity index (χ3v) is 2.45. The lowest BCUT2D eigenvalue weighted by atomic mass is 10.3. The Morgan fingerprint density at radius 3 is 2.88 bits per heavy atom. The second kappa shape index (κ2) is 4.00. The molecule has 2 aromatic heterocycles. The van der Waals surface area contributed by atoms with Gasteiger partial charge in [-0.15, -0.1) is 0 Å². The number of hydrogen-bond acceptors (Lipinski definition) is 5. The van der Waals surface area contributed by atoms with E-state index in [0.717, 1.165) is 11.2 Å². The van der Waals surface area contributed by atoms with Crippen molar-refractivity contribution in [2.24, 2.45) is 7.05 Å². The third-order valence-electron chi connectivity index (χ3n) is 2.45. The second-order valence-electron chi connectivity index (χ2n) is 3.86. The summed E-state index contributed by atoms with van der Waals surface area (Å²) in [6, 6.07) is -0.736. The molecule has 2 rings (SSSR count). The van der Waals surface area contributed by atoms with Crippen molar-refractivity contribution >= 4 is 23.1 Å². The Balaban J connectivity index is 2.42. The summed E-state index contributed by atoms with van der Waals surface area (Å²) in [7, 11) is 1.83. The van der Waals surface area contributed by atoms with E-state index >= 15 is 0 Å². The Hall–Kier alpha value is -2.18. The summed E-state index contributed by atoms with van der Waals surface area (Å²) >= 11 is 0. The van der Waals surface area contributed by atoms with Crippen LogP contribution in [0.25, 0.3) is 11.2 Å². The van der Waals surface area contributed by atoms with Crippen LogP contribution in [0.15, 0.2) is 6.33 Å². The highest BCUT2D eigenvalue weighted by Crippen LogP contribution is 2.15. The van der Waals surface area contributed by atoms with Gasteiger partial charge in [0.1, 0.15) is 11.6 Å². The molecule has 0 saturated heterocycles. The zero-order chi connectivity index (χ0) is 12.6. The largest absolute Gasteiger partial charge is 0.480 e. The monoisotopic (exact) mass is 235 g/mol. The molecule has 0 saturated carbocycles. The molecule has 0 bridgehead atoms.